The normalized spacial score (nSPS) is 34.5. The molecule has 1 rings (SSSR count). The van der Waals surface area contributed by atoms with Gasteiger partial charge in [-0.25, -0.2) is 0 Å². The molecule has 1 aliphatic heterocycles. The molecule has 0 saturated carbocycles. The van der Waals surface area contributed by atoms with Gasteiger partial charge in [-0.05, 0) is 25.4 Å². The van der Waals surface area contributed by atoms with Crippen LogP contribution in [0.1, 0.15) is 20.3 Å². The number of carboxylic acids is 1. The lowest BCUT2D eigenvalue weighted by atomic mass is 9.79. The first-order valence-corrected chi connectivity index (χ1v) is 4.82. The van der Waals surface area contributed by atoms with Crippen molar-refractivity contribution < 1.29 is 9.90 Å². The standard InChI is InChI=1S/C9H18N2O2/c1-3-11-9(8(12)13)4-5-10-6-7(9)2/h7,10-11H,3-6H2,1-2H3,(H,12,13). The Labute approximate surface area is 78.7 Å². The van der Waals surface area contributed by atoms with E-state index >= 15 is 0 Å². The molecule has 0 amide bonds. The molecule has 2 atom stereocenters. The summed E-state index contributed by atoms with van der Waals surface area (Å²) in [6.07, 6.45) is 0.664. The Kier molecular flexibility index (Phi) is 3.27. The van der Waals surface area contributed by atoms with E-state index in [4.69, 9.17) is 0 Å². The van der Waals surface area contributed by atoms with Crippen molar-refractivity contribution in [2.75, 3.05) is 19.6 Å². The number of hydrogen-bond donors (Lipinski definition) is 3. The summed E-state index contributed by atoms with van der Waals surface area (Å²) in [6, 6.07) is 0. The SMILES string of the molecule is CCNC1(C(=O)O)CCNCC1C. The van der Waals surface area contributed by atoms with E-state index < -0.39 is 11.5 Å². The second kappa shape index (κ2) is 4.07. The topological polar surface area (TPSA) is 61.4 Å². The number of likely N-dealkylation sites (N-methyl/N-ethyl adjacent to an activating group) is 1. The highest BCUT2D eigenvalue weighted by atomic mass is 16.4. The van der Waals surface area contributed by atoms with Crippen molar-refractivity contribution in [2.24, 2.45) is 5.92 Å². The quantitative estimate of drug-likeness (QED) is 0.583. The van der Waals surface area contributed by atoms with Gasteiger partial charge in [0.25, 0.3) is 0 Å². The van der Waals surface area contributed by atoms with Gasteiger partial charge in [0.1, 0.15) is 5.54 Å². The van der Waals surface area contributed by atoms with E-state index in [9.17, 15) is 9.90 Å². The Morgan fingerprint density at radius 3 is 2.92 bits per heavy atom. The molecule has 0 radical (unpaired) electrons. The highest BCUT2D eigenvalue weighted by Gasteiger charge is 2.44. The van der Waals surface area contributed by atoms with Crippen LogP contribution >= 0.6 is 0 Å². The second-order valence-corrected chi connectivity index (χ2v) is 3.66. The third kappa shape index (κ3) is 1.84. The summed E-state index contributed by atoms with van der Waals surface area (Å²) >= 11 is 0. The minimum atomic E-state index is -0.719. The van der Waals surface area contributed by atoms with Crippen LogP contribution in [0.4, 0.5) is 0 Å². The van der Waals surface area contributed by atoms with Crippen molar-refractivity contribution in [1.29, 1.82) is 0 Å². The monoisotopic (exact) mass is 186 g/mol. The van der Waals surface area contributed by atoms with Gasteiger partial charge in [-0.15, -0.1) is 0 Å². The van der Waals surface area contributed by atoms with Crippen molar-refractivity contribution in [3.63, 3.8) is 0 Å². The van der Waals surface area contributed by atoms with Gasteiger partial charge in [0, 0.05) is 6.54 Å². The van der Waals surface area contributed by atoms with Crippen LogP contribution < -0.4 is 10.6 Å². The maximum Gasteiger partial charge on any atom is 0.324 e. The number of carboxylic acid groups (broad SMARTS) is 1. The molecule has 1 fully saturated rings. The first kappa shape index (κ1) is 10.5. The largest absolute Gasteiger partial charge is 0.480 e. The molecule has 0 spiro atoms. The molecular weight excluding hydrogens is 168 g/mol. The fourth-order valence-electron chi connectivity index (χ4n) is 2.00. The third-order valence-corrected chi connectivity index (χ3v) is 2.86. The van der Waals surface area contributed by atoms with Crippen LogP contribution in [0.25, 0.3) is 0 Å². The van der Waals surface area contributed by atoms with Crippen LogP contribution in [0, 0.1) is 5.92 Å². The summed E-state index contributed by atoms with van der Waals surface area (Å²) in [7, 11) is 0. The molecule has 0 aliphatic carbocycles. The smallest absolute Gasteiger partial charge is 0.324 e. The summed E-state index contributed by atoms with van der Waals surface area (Å²) < 4.78 is 0. The lowest BCUT2D eigenvalue weighted by Crippen LogP contribution is -2.62. The number of nitrogens with one attached hydrogen (secondary N) is 2. The average molecular weight is 186 g/mol. The van der Waals surface area contributed by atoms with Crippen LogP contribution in [0.5, 0.6) is 0 Å². The van der Waals surface area contributed by atoms with E-state index in [1.54, 1.807) is 0 Å². The van der Waals surface area contributed by atoms with Crippen LogP contribution in [0.15, 0.2) is 0 Å². The summed E-state index contributed by atoms with van der Waals surface area (Å²) in [6.45, 7) is 6.18. The van der Waals surface area contributed by atoms with E-state index in [-0.39, 0.29) is 5.92 Å². The maximum atomic E-state index is 11.2. The molecule has 13 heavy (non-hydrogen) atoms. The van der Waals surface area contributed by atoms with E-state index in [0.29, 0.717) is 13.0 Å². The van der Waals surface area contributed by atoms with Gasteiger partial charge >= 0.3 is 5.97 Å². The zero-order valence-corrected chi connectivity index (χ0v) is 8.26. The second-order valence-electron chi connectivity index (χ2n) is 3.66. The van der Waals surface area contributed by atoms with Crippen LogP contribution in [-0.2, 0) is 4.79 Å². The molecule has 4 nitrogen and oxygen atoms in total. The Morgan fingerprint density at radius 2 is 2.46 bits per heavy atom. The van der Waals surface area contributed by atoms with Gasteiger partial charge in [0.05, 0.1) is 0 Å². The molecule has 0 aromatic carbocycles. The molecule has 0 aromatic rings. The predicted octanol–water partition coefficient (Wildman–Crippen LogP) is 0.0487. The van der Waals surface area contributed by atoms with Crippen LogP contribution in [-0.4, -0.2) is 36.2 Å². The molecule has 3 N–H and O–H groups in total. The zero-order chi connectivity index (χ0) is 9.90. The number of hydrogen-bond acceptors (Lipinski definition) is 3. The Balaban J connectivity index is 2.79. The number of piperidine rings is 1. The molecule has 1 aliphatic rings. The number of aliphatic carboxylic acids is 1. The minimum absolute atomic E-state index is 0.138. The predicted molar refractivity (Wildman–Crippen MR) is 50.7 cm³/mol. The molecular formula is C9H18N2O2. The fraction of sp³-hybridized carbons (Fsp3) is 0.889. The summed E-state index contributed by atoms with van der Waals surface area (Å²) in [5.41, 5.74) is -0.708. The van der Waals surface area contributed by atoms with E-state index in [0.717, 1.165) is 13.1 Å². The Hall–Kier alpha value is -0.610. The molecule has 0 aromatic heterocycles. The highest BCUT2D eigenvalue weighted by molar-refractivity contribution is 5.79. The zero-order valence-electron chi connectivity index (χ0n) is 8.26. The summed E-state index contributed by atoms with van der Waals surface area (Å²) in [5.74, 6) is -0.581. The van der Waals surface area contributed by atoms with Crippen LogP contribution in [0.2, 0.25) is 0 Å². The van der Waals surface area contributed by atoms with Crippen molar-refractivity contribution in [3.8, 4) is 0 Å². The van der Waals surface area contributed by atoms with Crippen molar-refractivity contribution in [3.05, 3.63) is 0 Å². The van der Waals surface area contributed by atoms with E-state index in [2.05, 4.69) is 10.6 Å². The first-order valence-electron chi connectivity index (χ1n) is 4.82. The minimum Gasteiger partial charge on any atom is -0.480 e. The highest BCUT2D eigenvalue weighted by Crippen LogP contribution is 2.24. The third-order valence-electron chi connectivity index (χ3n) is 2.86. The summed E-state index contributed by atoms with van der Waals surface area (Å²) in [4.78, 5) is 11.2. The van der Waals surface area contributed by atoms with Gasteiger partial charge in [-0.1, -0.05) is 13.8 Å². The molecule has 0 bridgehead atoms. The van der Waals surface area contributed by atoms with Crippen LogP contribution in [0.3, 0.4) is 0 Å². The number of rotatable bonds is 3. The Bertz CT molecular complexity index is 192. The van der Waals surface area contributed by atoms with Gasteiger partial charge in [-0.3, -0.25) is 4.79 Å². The van der Waals surface area contributed by atoms with Crippen molar-refractivity contribution in [2.45, 2.75) is 25.8 Å². The van der Waals surface area contributed by atoms with E-state index in [1.165, 1.54) is 0 Å². The molecule has 2 unspecified atom stereocenters. The summed E-state index contributed by atoms with van der Waals surface area (Å²) in [5, 5.41) is 15.5. The van der Waals surface area contributed by atoms with Gasteiger partial charge in [0.2, 0.25) is 0 Å². The fourth-order valence-corrected chi connectivity index (χ4v) is 2.00. The molecule has 1 saturated heterocycles. The first-order chi connectivity index (χ1) is 6.13. The lowest BCUT2D eigenvalue weighted by molar-refractivity contribution is -0.148. The van der Waals surface area contributed by atoms with E-state index in [1.807, 2.05) is 13.8 Å². The lowest BCUT2D eigenvalue weighted by Gasteiger charge is -2.39. The van der Waals surface area contributed by atoms with Gasteiger partial charge < -0.3 is 15.7 Å². The van der Waals surface area contributed by atoms with Crippen molar-refractivity contribution >= 4 is 5.97 Å². The number of carbonyl (C=O) groups is 1. The van der Waals surface area contributed by atoms with Crippen molar-refractivity contribution in [1.82, 2.24) is 10.6 Å². The Morgan fingerprint density at radius 1 is 1.77 bits per heavy atom. The van der Waals surface area contributed by atoms with Gasteiger partial charge in [0.15, 0.2) is 0 Å². The molecule has 4 heteroatoms. The van der Waals surface area contributed by atoms with Gasteiger partial charge in [-0.2, -0.15) is 0 Å². The maximum absolute atomic E-state index is 11.2. The molecule has 76 valence electrons. The molecule has 1 heterocycles. The average Bonchev–Trinajstić information content (AvgIpc) is 2.09.